The fourth-order valence-corrected chi connectivity index (χ4v) is 5.50. The number of carbonyl (C=O) groups is 3. The number of amides is 4. The molecule has 3 aliphatic rings. The maximum atomic E-state index is 12.1. The molecule has 1 atom stereocenters. The van der Waals surface area contributed by atoms with Crippen LogP contribution in [-0.2, 0) is 9.59 Å². The largest absolute Gasteiger partial charge is 0.573 e. The monoisotopic (exact) mass is 620 g/mol. The number of rotatable bonds is 7. The lowest BCUT2D eigenvalue weighted by Gasteiger charge is -2.31. The van der Waals surface area contributed by atoms with Gasteiger partial charge in [0.25, 0.3) is 0 Å². The number of methoxy groups -OCH3 is 1. The lowest BCUT2D eigenvalue weighted by atomic mass is 9.98. The van der Waals surface area contributed by atoms with Crippen molar-refractivity contribution in [1.29, 1.82) is 0 Å². The topological polar surface area (TPSA) is 118 Å². The van der Waals surface area contributed by atoms with Gasteiger partial charge in [0.05, 0.1) is 13.2 Å². The fraction of sp³-hybridized carbons (Fsp3) is 0.516. The maximum Gasteiger partial charge on any atom is 0.573 e. The van der Waals surface area contributed by atoms with Crippen LogP contribution in [0.25, 0.3) is 0 Å². The summed E-state index contributed by atoms with van der Waals surface area (Å²) < 4.78 is 51.4. The predicted molar refractivity (Wildman–Crippen MR) is 157 cm³/mol. The van der Waals surface area contributed by atoms with Crippen LogP contribution in [0.5, 0.6) is 17.2 Å². The van der Waals surface area contributed by atoms with Crippen LogP contribution in [-0.4, -0.2) is 68.0 Å². The average Bonchev–Trinajstić information content (AvgIpc) is 3.66. The Labute approximate surface area is 254 Å². The van der Waals surface area contributed by atoms with Gasteiger partial charge >= 0.3 is 12.4 Å². The molecule has 5 rings (SSSR count). The molecule has 1 aliphatic carbocycles. The number of urea groups is 1. The lowest BCUT2D eigenvalue weighted by molar-refractivity contribution is -0.274. The summed E-state index contributed by atoms with van der Waals surface area (Å²) in [6.07, 6.45) is 2.17. The summed E-state index contributed by atoms with van der Waals surface area (Å²) in [7, 11) is 1.66. The molecule has 2 aliphatic heterocycles. The van der Waals surface area contributed by atoms with E-state index in [1.165, 1.54) is 31.9 Å². The van der Waals surface area contributed by atoms with Gasteiger partial charge < -0.3 is 35.1 Å². The highest BCUT2D eigenvalue weighted by atomic mass is 19.4. The van der Waals surface area contributed by atoms with E-state index in [2.05, 4.69) is 20.7 Å². The zero-order valence-electron chi connectivity index (χ0n) is 24.9. The minimum Gasteiger partial charge on any atom is -0.493 e. The van der Waals surface area contributed by atoms with E-state index in [4.69, 9.17) is 9.47 Å². The molecule has 3 fully saturated rings. The molecule has 0 bridgehead atoms. The SMILES string of the molecule is CC(=O)N1CCC(NC(=O)Nc2ccc(OC(F)(F)F)cc2)CC1.COc1ccc(C2CNC(=O)C2)cc1OC1CCCC1. The van der Waals surface area contributed by atoms with Gasteiger partial charge in [0.2, 0.25) is 11.8 Å². The van der Waals surface area contributed by atoms with Crippen LogP contribution in [0.3, 0.4) is 0 Å². The summed E-state index contributed by atoms with van der Waals surface area (Å²) in [6, 6.07) is 10.4. The highest BCUT2D eigenvalue weighted by Crippen LogP contribution is 2.35. The summed E-state index contributed by atoms with van der Waals surface area (Å²) in [5.41, 5.74) is 1.50. The van der Waals surface area contributed by atoms with Crippen molar-refractivity contribution in [3.05, 3.63) is 48.0 Å². The van der Waals surface area contributed by atoms with Crippen LogP contribution in [0.2, 0.25) is 0 Å². The third-order valence-electron chi connectivity index (χ3n) is 7.85. The van der Waals surface area contributed by atoms with Crippen molar-refractivity contribution in [2.45, 2.75) is 76.3 Å². The maximum absolute atomic E-state index is 12.1. The molecule has 2 saturated heterocycles. The number of ether oxygens (including phenoxy) is 3. The van der Waals surface area contributed by atoms with E-state index in [1.54, 1.807) is 12.0 Å². The smallest absolute Gasteiger partial charge is 0.493 e. The summed E-state index contributed by atoms with van der Waals surface area (Å²) in [5, 5.41) is 8.20. The van der Waals surface area contributed by atoms with Crippen molar-refractivity contribution in [1.82, 2.24) is 15.5 Å². The first kappa shape index (κ1) is 32.7. The molecule has 3 N–H and O–H groups in total. The first-order valence-electron chi connectivity index (χ1n) is 14.8. The number of nitrogens with zero attached hydrogens (tertiary/aromatic N) is 1. The number of likely N-dealkylation sites (tertiary alicyclic amines) is 1. The van der Waals surface area contributed by atoms with Crippen LogP contribution in [0.15, 0.2) is 42.5 Å². The van der Waals surface area contributed by atoms with Crippen molar-refractivity contribution in [2.75, 3.05) is 32.1 Å². The molecule has 4 amide bonds. The van der Waals surface area contributed by atoms with Crippen molar-refractivity contribution < 1.29 is 41.8 Å². The van der Waals surface area contributed by atoms with Crippen LogP contribution < -0.4 is 30.2 Å². The summed E-state index contributed by atoms with van der Waals surface area (Å²) in [4.78, 5) is 36.2. The summed E-state index contributed by atoms with van der Waals surface area (Å²) in [6.45, 7) is 3.40. The van der Waals surface area contributed by atoms with Crippen LogP contribution >= 0.6 is 0 Å². The first-order chi connectivity index (χ1) is 21.0. The van der Waals surface area contributed by atoms with Gasteiger partial charge in [-0.25, -0.2) is 4.79 Å². The number of carbonyl (C=O) groups excluding carboxylic acids is 3. The van der Waals surface area contributed by atoms with Crippen molar-refractivity contribution in [2.24, 2.45) is 0 Å². The van der Waals surface area contributed by atoms with Crippen molar-refractivity contribution >= 4 is 23.5 Å². The number of halogens is 3. The number of piperidine rings is 1. The molecule has 10 nitrogen and oxygen atoms in total. The van der Waals surface area contributed by atoms with Crippen molar-refractivity contribution in [3.8, 4) is 17.2 Å². The highest BCUT2D eigenvalue weighted by molar-refractivity contribution is 5.89. The number of alkyl halides is 3. The molecule has 13 heteroatoms. The Morgan fingerprint density at radius 2 is 1.66 bits per heavy atom. The molecule has 2 heterocycles. The highest BCUT2D eigenvalue weighted by Gasteiger charge is 2.31. The van der Waals surface area contributed by atoms with Crippen molar-refractivity contribution in [3.63, 3.8) is 0 Å². The Balaban J connectivity index is 0.000000204. The predicted octanol–water partition coefficient (Wildman–Crippen LogP) is 5.34. The van der Waals surface area contributed by atoms with Gasteiger partial charge in [-0.15, -0.1) is 13.2 Å². The van der Waals surface area contributed by atoms with Gasteiger partial charge in [-0.05, 0) is 80.5 Å². The molecule has 2 aromatic rings. The molecule has 0 radical (unpaired) electrons. The third kappa shape index (κ3) is 9.95. The number of hydrogen-bond acceptors (Lipinski definition) is 6. The summed E-state index contributed by atoms with van der Waals surface area (Å²) in [5.74, 6) is 1.63. The van der Waals surface area contributed by atoms with Gasteiger partial charge in [-0.2, -0.15) is 0 Å². The normalized spacial score (nSPS) is 19.0. The van der Waals surface area contributed by atoms with Crippen LogP contribution in [0.4, 0.5) is 23.7 Å². The van der Waals surface area contributed by atoms with Gasteiger partial charge in [0.15, 0.2) is 11.5 Å². The molecule has 2 aromatic carbocycles. The molecule has 0 spiro atoms. The van der Waals surface area contributed by atoms with Crippen LogP contribution in [0.1, 0.15) is 63.4 Å². The minimum absolute atomic E-state index is 0.0130. The molecule has 240 valence electrons. The van der Waals surface area contributed by atoms with E-state index in [0.29, 0.717) is 50.7 Å². The summed E-state index contributed by atoms with van der Waals surface area (Å²) >= 11 is 0. The second-order valence-electron chi connectivity index (χ2n) is 11.1. The zero-order valence-corrected chi connectivity index (χ0v) is 24.9. The second kappa shape index (κ2) is 15.0. The van der Waals surface area contributed by atoms with Gasteiger partial charge in [0.1, 0.15) is 5.75 Å². The fourth-order valence-electron chi connectivity index (χ4n) is 5.50. The first-order valence-corrected chi connectivity index (χ1v) is 14.8. The number of anilines is 1. The third-order valence-corrected chi connectivity index (χ3v) is 7.85. The molecule has 44 heavy (non-hydrogen) atoms. The van der Waals surface area contributed by atoms with E-state index < -0.39 is 12.4 Å². The van der Waals surface area contributed by atoms with E-state index >= 15 is 0 Å². The number of nitrogens with one attached hydrogen (secondary N) is 3. The van der Waals surface area contributed by atoms with E-state index in [-0.39, 0.29) is 29.5 Å². The van der Waals surface area contributed by atoms with Gasteiger partial charge in [-0.3, -0.25) is 9.59 Å². The minimum atomic E-state index is -4.75. The number of benzene rings is 2. The van der Waals surface area contributed by atoms with E-state index in [9.17, 15) is 27.6 Å². The Bertz CT molecular complexity index is 1280. The Kier molecular flexibility index (Phi) is 11.2. The molecular formula is C31H39F3N4O6. The molecule has 0 aromatic heterocycles. The standard InChI is InChI=1S/C16H21NO3.C15H18F3N3O3/c1-19-14-7-6-11(12-9-16(18)17-10-12)8-15(14)20-13-4-2-3-5-13;1-10(22)21-8-6-12(7-9-21)20-14(23)19-11-2-4-13(5-3-11)24-15(16,17)18/h6-8,12-13H,2-5,9-10H2,1H3,(H,17,18);2-5,12H,6-9H2,1H3,(H2,19,20,23). The molecular weight excluding hydrogens is 581 g/mol. The Hall–Kier alpha value is -4.16. The molecule has 1 saturated carbocycles. The lowest BCUT2D eigenvalue weighted by Crippen LogP contribution is -2.47. The van der Waals surface area contributed by atoms with E-state index in [0.717, 1.165) is 42.0 Å². The second-order valence-corrected chi connectivity index (χ2v) is 11.1. The Morgan fingerprint density at radius 1 is 0.977 bits per heavy atom. The van der Waals surface area contributed by atoms with Crippen LogP contribution in [0, 0.1) is 0 Å². The zero-order chi connectivity index (χ0) is 31.7. The molecule has 1 unspecified atom stereocenters. The van der Waals surface area contributed by atoms with Gasteiger partial charge in [0, 0.05) is 50.6 Å². The van der Waals surface area contributed by atoms with Gasteiger partial charge in [-0.1, -0.05) is 6.07 Å². The Morgan fingerprint density at radius 3 is 2.23 bits per heavy atom. The number of hydrogen-bond donors (Lipinski definition) is 3. The van der Waals surface area contributed by atoms with E-state index in [1.807, 2.05) is 18.2 Å². The quantitative estimate of drug-likeness (QED) is 0.385. The average molecular weight is 621 g/mol.